The number of nitroso groups, excluding NO2 is 1. The molecule has 0 amide bonds. The van der Waals surface area contributed by atoms with Crippen molar-refractivity contribution in [3.8, 4) is 5.75 Å². The number of halogens is 3. The molecule has 0 fully saturated rings. The van der Waals surface area contributed by atoms with Crippen LogP contribution >= 0.6 is 0 Å². The molecule has 0 heterocycles. The van der Waals surface area contributed by atoms with Crippen molar-refractivity contribution in [3.05, 3.63) is 28.7 Å². The van der Waals surface area contributed by atoms with Gasteiger partial charge in [0.2, 0.25) is 0 Å². The third-order valence-electron chi connectivity index (χ3n) is 1.34. The van der Waals surface area contributed by atoms with Crippen LogP contribution in [-0.4, -0.2) is 5.11 Å². The summed E-state index contributed by atoms with van der Waals surface area (Å²) in [5, 5.41) is 11.1. The van der Waals surface area contributed by atoms with Crippen LogP contribution in [0, 0.1) is 4.91 Å². The van der Waals surface area contributed by atoms with Crippen LogP contribution in [0.3, 0.4) is 0 Å². The number of phenols is 1. The summed E-state index contributed by atoms with van der Waals surface area (Å²) in [5.74, 6) is -0.635. The lowest BCUT2D eigenvalue weighted by molar-refractivity contribution is -0.137. The highest BCUT2D eigenvalue weighted by Crippen LogP contribution is 2.34. The number of alkyl halides is 3. The Labute approximate surface area is 70.8 Å². The number of benzene rings is 1. The molecule has 1 N–H and O–H groups in total. The molecular weight excluding hydrogens is 187 g/mol. The van der Waals surface area contributed by atoms with Gasteiger partial charge in [-0.25, -0.2) is 0 Å². The second-order valence-electron chi connectivity index (χ2n) is 2.33. The summed E-state index contributed by atoms with van der Waals surface area (Å²) in [6.07, 6.45) is -4.59. The van der Waals surface area contributed by atoms with Crippen LogP contribution in [0.4, 0.5) is 18.9 Å². The van der Waals surface area contributed by atoms with Crippen molar-refractivity contribution in [2.75, 3.05) is 0 Å². The molecule has 0 radical (unpaired) electrons. The molecule has 13 heavy (non-hydrogen) atoms. The van der Waals surface area contributed by atoms with Crippen LogP contribution in [0.5, 0.6) is 5.75 Å². The monoisotopic (exact) mass is 191 g/mol. The summed E-state index contributed by atoms with van der Waals surface area (Å²) in [4.78, 5) is 9.91. The Hall–Kier alpha value is -1.59. The highest BCUT2D eigenvalue weighted by atomic mass is 19.4. The van der Waals surface area contributed by atoms with E-state index in [0.717, 1.165) is 6.07 Å². The molecule has 1 rings (SSSR count). The Balaban J connectivity index is 3.24. The minimum atomic E-state index is -4.59. The fourth-order valence-electron chi connectivity index (χ4n) is 0.812. The molecule has 1 aromatic rings. The summed E-state index contributed by atoms with van der Waals surface area (Å²) >= 11 is 0. The second kappa shape index (κ2) is 3.04. The first-order chi connectivity index (χ1) is 5.93. The van der Waals surface area contributed by atoms with E-state index in [2.05, 4.69) is 5.18 Å². The van der Waals surface area contributed by atoms with E-state index in [-0.39, 0.29) is 0 Å². The quantitative estimate of drug-likeness (QED) is 0.693. The fraction of sp³-hybridized carbons (Fsp3) is 0.143. The van der Waals surface area contributed by atoms with Gasteiger partial charge in [0.15, 0.2) is 0 Å². The van der Waals surface area contributed by atoms with Gasteiger partial charge in [-0.3, -0.25) is 0 Å². The summed E-state index contributed by atoms with van der Waals surface area (Å²) in [6.45, 7) is 0. The largest absolute Gasteiger partial charge is 0.508 e. The molecule has 0 aromatic heterocycles. The van der Waals surface area contributed by atoms with E-state index in [4.69, 9.17) is 5.11 Å². The van der Waals surface area contributed by atoms with Crippen molar-refractivity contribution in [2.45, 2.75) is 6.18 Å². The molecule has 3 nitrogen and oxygen atoms in total. The van der Waals surface area contributed by atoms with Crippen molar-refractivity contribution in [3.63, 3.8) is 0 Å². The van der Waals surface area contributed by atoms with Gasteiger partial charge in [-0.1, -0.05) is 0 Å². The number of phenolic OH excluding ortho intramolecular Hbond substituents is 1. The van der Waals surface area contributed by atoms with Crippen LogP contribution in [0.15, 0.2) is 23.4 Å². The van der Waals surface area contributed by atoms with Crippen LogP contribution in [0.25, 0.3) is 0 Å². The molecular formula is C7H4F3NO2. The normalized spacial score (nSPS) is 11.3. The van der Waals surface area contributed by atoms with Gasteiger partial charge in [0, 0.05) is 6.07 Å². The van der Waals surface area contributed by atoms with Gasteiger partial charge in [-0.05, 0) is 17.3 Å². The van der Waals surface area contributed by atoms with Crippen molar-refractivity contribution in [2.24, 2.45) is 5.18 Å². The molecule has 1 aromatic carbocycles. The Morgan fingerprint density at radius 1 is 1.23 bits per heavy atom. The van der Waals surface area contributed by atoms with Gasteiger partial charge in [-0.2, -0.15) is 13.2 Å². The topological polar surface area (TPSA) is 49.7 Å². The first-order valence-corrected chi connectivity index (χ1v) is 3.18. The molecule has 0 spiro atoms. The molecule has 70 valence electrons. The molecule has 0 aliphatic rings. The van der Waals surface area contributed by atoms with Gasteiger partial charge < -0.3 is 5.11 Å². The minimum absolute atomic E-state index is 0.452. The average Bonchev–Trinajstić information content (AvgIpc) is 2.01. The lowest BCUT2D eigenvalue weighted by Gasteiger charge is -2.06. The van der Waals surface area contributed by atoms with Crippen molar-refractivity contribution in [1.29, 1.82) is 0 Å². The molecule has 0 aliphatic carbocycles. The molecule has 0 bridgehead atoms. The van der Waals surface area contributed by atoms with E-state index in [9.17, 15) is 18.1 Å². The lowest BCUT2D eigenvalue weighted by atomic mass is 10.2. The maximum Gasteiger partial charge on any atom is 0.416 e. The first-order valence-electron chi connectivity index (χ1n) is 3.18. The zero-order valence-electron chi connectivity index (χ0n) is 6.17. The first kappa shape index (κ1) is 9.50. The standard InChI is InChI=1S/C7H4F3NO2/c8-7(9,10)4-1-5(11-13)3-6(12)2-4/h1-3,12H. The Kier molecular flexibility index (Phi) is 2.22. The van der Waals surface area contributed by atoms with E-state index in [1.54, 1.807) is 0 Å². The van der Waals surface area contributed by atoms with Crippen LogP contribution < -0.4 is 0 Å². The predicted octanol–water partition coefficient (Wildman–Crippen LogP) is 2.81. The maximum atomic E-state index is 12.0. The number of nitrogens with zero attached hydrogens (tertiary/aromatic N) is 1. The zero-order valence-corrected chi connectivity index (χ0v) is 6.17. The maximum absolute atomic E-state index is 12.0. The molecule has 0 aliphatic heterocycles. The highest BCUT2D eigenvalue weighted by molar-refractivity contribution is 5.47. The van der Waals surface area contributed by atoms with Crippen LogP contribution in [-0.2, 0) is 6.18 Å². The number of hydrogen-bond acceptors (Lipinski definition) is 3. The third kappa shape index (κ3) is 2.17. The molecule has 0 saturated heterocycles. The average molecular weight is 191 g/mol. The highest BCUT2D eigenvalue weighted by Gasteiger charge is 2.31. The van der Waals surface area contributed by atoms with Crippen molar-refractivity contribution >= 4 is 5.69 Å². The predicted molar refractivity (Wildman–Crippen MR) is 38.6 cm³/mol. The van der Waals surface area contributed by atoms with Gasteiger partial charge in [0.05, 0.1) is 5.56 Å². The van der Waals surface area contributed by atoms with Crippen molar-refractivity contribution < 1.29 is 18.3 Å². The lowest BCUT2D eigenvalue weighted by Crippen LogP contribution is -2.03. The Morgan fingerprint density at radius 3 is 2.31 bits per heavy atom. The summed E-state index contributed by atoms with van der Waals surface area (Å²) in [5.41, 5.74) is -1.55. The summed E-state index contributed by atoms with van der Waals surface area (Å²) < 4.78 is 36.1. The van der Waals surface area contributed by atoms with Gasteiger partial charge in [-0.15, -0.1) is 4.91 Å². The zero-order chi connectivity index (χ0) is 10.1. The van der Waals surface area contributed by atoms with E-state index in [0.29, 0.717) is 12.1 Å². The summed E-state index contributed by atoms with van der Waals surface area (Å²) in [6, 6.07) is 1.93. The summed E-state index contributed by atoms with van der Waals surface area (Å²) in [7, 11) is 0. The second-order valence-corrected chi connectivity index (χ2v) is 2.33. The fourth-order valence-corrected chi connectivity index (χ4v) is 0.812. The minimum Gasteiger partial charge on any atom is -0.508 e. The van der Waals surface area contributed by atoms with Crippen LogP contribution in [0.1, 0.15) is 5.56 Å². The number of rotatable bonds is 1. The van der Waals surface area contributed by atoms with Crippen LogP contribution in [0.2, 0.25) is 0 Å². The Bertz CT molecular complexity index is 335. The SMILES string of the molecule is O=Nc1cc(O)cc(C(F)(F)F)c1. The van der Waals surface area contributed by atoms with E-state index in [1.807, 2.05) is 0 Å². The molecule has 0 saturated carbocycles. The molecule has 6 heteroatoms. The van der Waals surface area contributed by atoms with E-state index >= 15 is 0 Å². The third-order valence-corrected chi connectivity index (χ3v) is 1.34. The van der Waals surface area contributed by atoms with Crippen molar-refractivity contribution in [1.82, 2.24) is 0 Å². The smallest absolute Gasteiger partial charge is 0.416 e. The number of aromatic hydroxyl groups is 1. The number of hydrogen-bond donors (Lipinski definition) is 1. The molecule has 0 unspecified atom stereocenters. The van der Waals surface area contributed by atoms with E-state index in [1.165, 1.54) is 0 Å². The van der Waals surface area contributed by atoms with Gasteiger partial charge in [0.25, 0.3) is 0 Å². The van der Waals surface area contributed by atoms with E-state index < -0.39 is 23.2 Å². The van der Waals surface area contributed by atoms with Gasteiger partial charge in [0.1, 0.15) is 11.4 Å². The Morgan fingerprint density at radius 2 is 1.85 bits per heavy atom. The molecule has 0 atom stereocenters. The van der Waals surface area contributed by atoms with Gasteiger partial charge >= 0.3 is 6.18 Å².